The Bertz CT molecular complexity index is 1110. The van der Waals surface area contributed by atoms with Crippen LogP contribution >= 0.6 is 23.2 Å². The Morgan fingerprint density at radius 2 is 1.96 bits per heavy atom. The van der Waals surface area contributed by atoms with Crippen molar-refractivity contribution in [1.82, 2.24) is 14.9 Å². The van der Waals surface area contributed by atoms with Crippen molar-refractivity contribution in [3.8, 4) is 0 Å². The summed E-state index contributed by atoms with van der Waals surface area (Å²) in [6.07, 6.45) is 3.10. The molecule has 0 saturated carbocycles. The molecule has 28 heavy (non-hydrogen) atoms. The van der Waals surface area contributed by atoms with Crippen LogP contribution in [0.1, 0.15) is 25.2 Å². The lowest BCUT2D eigenvalue weighted by Crippen LogP contribution is -2.36. The van der Waals surface area contributed by atoms with Crippen molar-refractivity contribution >= 4 is 46.1 Å². The van der Waals surface area contributed by atoms with Crippen LogP contribution in [0.15, 0.2) is 53.3 Å². The van der Waals surface area contributed by atoms with Gasteiger partial charge in [-0.2, -0.15) is 0 Å². The maximum Gasteiger partial charge on any atom is 0.258 e. The van der Waals surface area contributed by atoms with E-state index in [2.05, 4.69) is 9.97 Å². The zero-order valence-electron chi connectivity index (χ0n) is 15.4. The molecular weight excluding hydrogens is 397 g/mol. The molecule has 0 radical (unpaired) electrons. The van der Waals surface area contributed by atoms with Gasteiger partial charge in [-0.25, -0.2) is 4.98 Å². The third kappa shape index (κ3) is 4.61. The molecule has 0 unspecified atom stereocenters. The van der Waals surface area contributed by atoms with Gasteiger partial charge in [-0.15, -0.1) is 0 Å². The first-order valence-electron chi connectivity index (χ1n) is 8.77. The minimum atomic E-state index is -0.222. The maximum atomic E-state index is 12.7. The number of benzene rings is 2. The van der Waals surface area contributed by atoms with Crippen molar-refractivity contribution < 1.29 is 4.79 Å². The van der Waals surface area contributed by atoms with Crippen molar-refractivity contribution in [3.63, 3.8) is 0 Å². The van der Waals surface area contributed by atoms with Crippen LogP contribution in [0, 0.1) is 0 Å². The standard InChI is InChI=1S/C21H19Cl2N3O2/c1-13(2)26(20(27)10-8-14-7-9-15(22)11-17(14)23)12-19-24-18-6-4-3-5-16(18)21(28)25-19/h3-11,13H,12H2,1-2H3,(H,24,25,28)/b10-8+. The summed E-state index contributed by atoms with van der Waals surface area (Å²) in [7, 11) is 0. The fraction of sp³-hybridized carbons (Fsp3) is 0.190. The van der Waals surface area contributed by atoms with Gasteiger partial charge in [-0.1, -0.05) is 41.4 Å². The zero-order valence-corrected chi connectivity index (χ0v) is 17.0. The highest BCUT2D eigenvalue weighted by molar-refractivity contribution is 6.35. The number of nitrogens with zero attached hydrogens (tertiary/aromatic N) is 2. The molecule has 0 saturated heterocycles. The number of aromatic nitrogens is 2. The lowest BCUT2D eigenvalue weighted by atomic mass is 10.2. The second-order valence-electron chi connectivity index (χ2n) is 6.59. The van der Waals surface area contributed by atoms with Crippen LogP contribution in [0.4, 0.5) is 0 Å². The predicted octanol–water partition coefficient (Wildman–Crippen LogP) is 4.68. The van der Waals surface area contributed by atoms with Gasteiger partial charge in [0, 0.05) is 22.2 Å². The lowest BCUT2D eigenvalue weighted by molar-refractivity contribution is -0.128. The number of H-pyrrole nitrogens is 1. The van der Waals surface area contributed by atoms with Crippen molar-refractivity contribution in [2.75, 3.05) is 0 Å². The summed E-state index contributed by atoms with van der Waals surface area (Å²) in [5.41, 5.74) is 1.07. The van der Waals surface area contributed by atoms with Crippen LogP contribution < -0.4 is 5.56 Å². The van der Waals surface area contributed by atoms with E-state index in [-0.39, 0.29) is 24.1 Å². The van der Waals surface area contributed by atoms with Crippen LogP contribution in [-0.4, -0.2) is 26.8 Å². The van der Waals surface area contributed by atoms with E-state index >= 15 is 0 Å². The van der Waals surface area contributed by atoms with Crippen LogP contribution in [0.25, 0.3) is 17.0 Å². The Kier molecular flexibility index (Phi) is 6.17. The Labute approximate surface area is 172 Å². The first-order valence-corrected chi connectivity index (χ1v) is 9.52. The molecule has 1 N–H and O–H groups in total. The van der Waals surface area contributed by atoms with Gasteiger partial charge in [0.2, 0.25) is 5.91 Å². The highest BCUT2D eigenvalue weighted by Gasteiger charge is 2.17. The Morgan fingerprint density at radius 1 is 1.21 bits per heavy atom. The second-order valence-corrected chi connectivity index (χ2v) is 7.43. The number of aromatic amines is 1. The number of amides is 1. The summed E-state index contributed by atoms with van der Waals surface area (Å²) in [6.45, 7) is 4.00. The smallest absolute Gasteiger partial charge is 0.258 e. The first kappa shape index (κ1) is 20.1. The molecule has 1 aromatic heterocycles. The molecular formula is C21H19Cl2N3O2. The summed E-state index contributed by atoms with van der Waals surface area (Å²) in [5, 5.41) is 1.52. The molecule has 2 aromatic carbocycles. The molecule has 0 spiro atoms. The van der Waals surface area contributed by atoms with Gasteiger partial charge < -0.3 is 9.88 Å². The molecule has 3 rings (SSSR count). The first-order chi connectivity index (χ1) is 13.3. The number of carbonyl (C=O) groups is 1. The van der Waals surface area contributed by atoms with Crippen LogP contribution in [0.3, 0.4) is 0 Å². The van der Waals surface area contributed by atoms with Gasteiger partial charge in [-0.3, -0.25) is 9.59 Å². The number of rotatable bonds is 5. The SMILES string of the molecule is CC(C)N(Cc1nc2ccccc2c(=O)[nH]1)C(=O)/C=C/c1ccc(Cl)cc1Cl. The molecule has 3 aromatic rings. The van der Waals surface area contributed by atoms with E-state index in [1.165, 1.54) is 6.08 Å². The number of halogens is 2. The van der Waals surface area contributed by atoms with E-state index in [0.717, 1.165) is 0 Å². The monoisotopic (exact) mass is 415 g/mol. The van der Waals surface area contributed by atoms with Crippen molar-refractivity contribution in [2.45, 2.75) is 26.4 Å². The molecule has 0 aliphatic carbocycles. The molecule has 144 valence electrons. The van der Waals surface area contributed by atoms with Crippen LogP contribution in [0.5, 0.6) is 0 Å². The largest absolute Gasteiger partial charge is 0.329 e. The summed E-state index contributed by atoms with van der Waals surface area (Å²) >= 11 is 12.0. The lowest BCUT2D eigenvalue weighted by Gasteiger charge is -2.25. The third-order valence-electron chi connectivity index (χ3n) is 4.26. The molecule has 7 heteroatoms. The van der Waals surface area contributed by atoms with Crippen molar-refractivity contribution in [3.05, 3.63) is 80.3 Å². The molecule has 0 bridgehead atoms. The average molecular weight is 416 g/mol. The van der Waals surface area contributed by atoms with E-state index in [1.54, 1.807) is 47.4 Å². The highest BCUT2D eigenvalue weighted by Crippen LogP contribution is 2.22. The zero-order chi connectivity index (χ0) is 20.3. The number of carbonyl (C=O) groups excluding carboxylic acids is 1. The van der Waals surface area contributed by atoms with E-state index in [9.17, 15) is 9.59 Å². The topological polar surface area (TPSA) is 66.1 Å². The van der Waals surface area contributed by atoms with Crippen molar-refractivity contribution in [1.29, 1.82) is 0 Å². The fourth-order valence-corrected chi connectivity index (χ4v) is 3.25. The van der Waals surface area contributed by atoms with Gasteiger partial charge in [0.15, 0.2) is 0 Å². The second kappa shape index (κ2) is 8.59. The molecule has 0 atom stereocenters. The molecule has 5 nitrogen and oxygen atoms in total. The van der Waals surface area contributed by atoms with Crippen LogP contribution in [0.2, 0.25) is 10.0 Å². The van der Waals surface area contributed by atoms with Crippen LogP contribution in [-0.2, 0) is 11.3 Å². The Hall–Kier alpha value is -2.63. The number of fused-ring (bicyclic) bond motifs is 1. The van der Waals surface area contributed by atoms with Gasteiger partial charge in [0.25, 0.3) is 5.56 Å². The number of nitrogens with one attached hydrogen (secondary N) is 1. The number of para-hydroxylation sites is 1. The summed E-state index contributed by atoms with van der Waals surface area (Å²) < 4.78 is 0. The van der Waals surface area contributed by atoms with E-state index < -0.39 is 0 Å². The molecule has 1 heterocycles. The normalized spacial score (nSPS) is 11.5. The molecule has 0 aliphatic heterocycles. The van der Waals surface area contributed by atoms with Crippen molar-refractivity contribution in [2.24, 2.45) is 0 Å². The third-order valence-corrected chi connectivity index (χ3v) is 4.82. The predicted molar refractivity (Wildman–Crippen MR) is 114 cm³/mol. The fourth-order valence-electron chi connectivity index (χ4n) is 2.78. The number of hydrogen-bond donors (Lipinski definition) is 1. The Balaban J connectivity index is 1.84. The summed E-state index contributed by atoms with van der Waals surface area (Å²) in [4.78, 5) is 33.8. The van der Waals surface area contributed by atoms with E-state index in [4.69, 9.17) is 23.2 Å². The number of hydrogen-bond acceptors (Lipinski definition) is 3. The van der Waals surface area contributed by atoms with Gasteiger partial charge in [-0.05, 0) is 49.8 Å². The Morgan fingerprint density at radius 3 is 2.68 bits per heavy atom. The summed E-state index contributed by atoms with van der Waals surface area (Å²) in [5.74, 6) is 0.223. The van der Waals surface area contributed by atoms with Gasteiger partial charge in [0.1, 0.15) is 5.82 Å². The minimum absolute atomic E-state index is 0.0883. The van der Waals surface area contributed by atoms with Gasteiger partial charge in [0.05, 0.1) is 17.4 Å². The van der Waals surface area contributed by atoms with E-state index in [1.807, 2.05) is 19.9 Å². The van der Waals surface area contributed by atoms with E-state index in [0.29, 0.717) is 32.3 Å². The molecule has 0 aliphatic rings. The van der Waals surface area contributed by atoms with Gasteiger partial charge >= 0.3 is 0 Å². The molecule has 1 amide bonds. The summed E-state index contributed by atoms with van der Waals surface area (Å²) in [6, 6.07) is 12.1. The minimum Gasteiger partial charge on any atom is -0.329 e. The highest BCUT2D eigenvalue weighted by atomic mass is 35.5. The quantitative estimate of drug-likeness (QED) is 0.615. The maximum absolute atomic E-state index is 12.7. The average Bonchev–Trinajstić information content (AvgIpc) is 2.65. The molecule has 0 fully saturated rings.